The molecule has 6 nitrogen and oxygen atoms in total. The van der Waals surface area contributed by atoms with Gasteiger partial charge in [0.05, 0.1) is 24.2 Å². The fourth-order valence-electron chi connectivity index (χ4n) is 6.53. The lowest BCUT2D eigenvalue weighted by molar-refractivity contribution is -0.0234. The van der Waals surface area contributed by atoms with E-state index in [1.165, 1.54) is 57.8 Å². The Bertz CT molecular complexity index is 1000. The van der Waals surface area contributed by atoms with Crippen molar-refractivity contribution in [1.82, 2.24) is 14.5 Å². The van der Waals surface area contributed by atoms with Gasteiger partial charge in [-0.15, -0.1) is 0 Å². The fourth-order valence-corrected chi connectivity index (χ4v) is 7.78. The Kier molecular flexibility index (Phi) is 10.4. The average Bonchev–Trinajstić information content (AvgIpc) is 2.88. The van der Waals surface area contributed by atoms with Gasteiger partial charge in [-0.05, 0) is 64.5 Å². The molecule has 3 heterocycles. The second-order valence-corrected chi connectivity index (χ2v) is 11.9. The van der Waals surface area contributed by atoms with Gasteiger partial charge in [0.2, 0.25) is 8.38 Å². The molecule has 0 aliphatic carbocycles. The van der Waals surface area contributed by atoms with Gasteiger partial charge in [-0.1, -0.05) is 58.1 Å². The van der Waals surface area contributed by atoms with E-state index in [2.05, 4.69) is 29.4 Å². The number of rotatable bonds is 13. The molecule has 0 amide bonds. The predicted octanol–water partition coefficient (Wildman–Crippen LogP) is 6.71. The summed E-state index contributed by atoms with van der Waals surface area (Å²) in [4.78, 5) is 21.7. The first-order chi connectivity index (χ1) is 17.6. The summed E-state index contributed by atoms with van der Waals surface area (Å²) in [5.74, 6) is 0. The number of hydrogen-bond donors (Lipinski definition) is 0. The molecule has 2 fully saturated rings. The number of fused-ring (bicyclic) bond motifs is 3. The van der Waals surface area contributed by atoms with Crippen molar-refractivity contribution in [3.8, 4) is 0 Å². The molecule has 0 spiro atoms. The second-order valence-electron chi connectivity index (χ2n) is 10.4. The Hall–Kier alpha value is -1.33. The van der Waals surface area contributed by atoms with Crippen LogP contribution in [0.1, 0.15) is 104 Å². The number of para-hydroxylation sites is 2. The zero-order chi connectivity index (χ0) is 25.5. The molecular formula is C29H46N3O3P. The second kappa shape index (κ2) is 13.5. The van der Waals surface area contributed by atoms with Gasteiger partial charge >= 0.3 is 0 Å². The molecule has 2 aliphatic rings. The summed E-state index contributed by atoms with van der Waals surface area (Å²) in [6.07, 6.45) is 13.6. The molecule has 4 rings (SSSR count). The monoisotopic (exact) mass is 515 g/mol. The summed E-state index contributed by atoms with van der Waals surface area (Å²) in [6.45, 7) is 9.50. The highest BCUT2D eigenvalue weighted by molar-refractivity contribution is 7.55. The molecule has 2 aliphatic heterocycles. The number of piperidine rings is 2. The molecule has 2 atom stereocenters. The summed E-state index contributed by atoms with van der Waals surface area (Å²) < 4.78 is 13.9. The van der Waals surface area contributed by atoms with Crippen LogP contribution in [-0.2, 0) is 9.05 Å². The van der Waals surface area contributed by atoms with Gasteiger partial charge in [0.1, 0.15) is 0 Å². The van der Waals surface area contributed by atoms with Crippen molar-refractivity contribution >= 4 is 24.8 Å². The van der Waals surface area contributed by atoms with E-state index in [-0.39, 0.29) is 11.6 Å². The highest BCUT2D eigenvalue weighted by atomic mass is 31.2. The first-order valence-corrected chi connectivity index (χ1v) is 15.6. The quantitative estimate of drug-likeness (QED) is 0.277. The molecule has 1 aromatic heterocycles. The highest BCUT2D eigenvalue weighted by Crippen LogP contribution is 2.43. The predicted molar refractivity (Wildman–Crippen MR) is 150 cm³/mol. The molecular weight excluding hydrogens is 469 g/mol. The van der Waals surface area contributed by atoms with E-state index in [4.69, 9.17) is 14.0 Å². The summed E-state index contributed by atoms with van der Waals surface area (Å²) in [6, 6.07) is 10.1. The van der Waals surface area contributed by atoms with E-state index in [9.17, 15) is 4.79 Å². The molecule has 2 unspecified atom stereocenters. The van der Waals surface area contributed by atoms with E-state index in [0.29, 0.717) is 36.8 Å². The van der Waals surface area contributed by atoms with Gasteiger partial charge in [0, 0.05) is 24.2 Å². The van der Waals surface area contributed by atoms with E-state index >= 15 is 0 Å². The van der Waals surface area contributed by atoms with Crippen LogP contribution in [0.3, 0.4) is 0 Å². The van der Waals surface area contributed by atoms with E-state index in [0.717, 1.165) is 23.9 Å². The van der Waals surface area contributed by atoms with Crippen molar-refractivity contribution in [2.75, 3.05) is 13.2 Å². The minimum absolute atomic E-state index is 0.0215. The van der Waals surface area contributed by atoms with Crippen molar-refractivity contribution in [3.05, 3.63) is 34.6 Å². The van der Waals surface area contributed by atoms with Crippen molar-refractivity contribution < 1.29 is 9.05 Å². The molecule has 200 valence electrons. The van der Waals surface area contributed by atoms with Crippen LogP contribution in [0, 0.1) is 0 Å². The van der Waals surface area contributed by atoms with Crippen LogP contribution in [0.15, 0.2) is 29.1 Å². The van der Waals surface area contributed by atoms with E-state index in [1.807, 2.05) is 32.0 Å². The maximum absolute atomic E-state index is 14.0. The summed E-state index contributed by atoms with van der Waals surface area (Å²) in [5, 5.41) is 0. The van der Waals surface area contributed by atoms with E-state index < -0.39 is 8.38 Å². The van der Waals surface area contributed by atoms with Gasteiger partial charge in [-0.3, -0.25) is 9.69 Å². The van der Waals surface area contributed by atoms with Crippen LogP contribution >= 0.6 is 8.38 Å². The Labute approximate surface area is 218 Å². The zero-order valence-corrected chi connectivity index (χ0v) is 23.7. The zero-order valence-electron chi connectivity index (χ0n) is 22.8. The largest absolute Gasteiger partial charge is 0.330 e. The molecule has 0 N–H and O–H groups in total. The number of aromatic nitrogens is 2. The fraction of sp³-hybridized carbons (Fsp3) is 0.724. The molecule has 7 heteroatoms. The number of hydrogen-bond acceptors (Lipinski definition) is 5. The van der Waals surface area contributed by atoms with Gasteiger partial charge in [0.15, 0.2) is 5.44 Å². The first kappa shape index (κ1) is 27.7. The Morgan fingerprint density at radius 1 is 0.944 bits per heavy atom. The normalized spacial score (nSPS) is 22.7. The number of nitrogens with zero attached hydrogens (tertiary/aromatic N) is 3. The van der Waals surface area contributed by atoms with Gasteiger partial charge < -0.3 is 13.6 Å². The smallest absolute Gasteiger partial charge is 0.282 e. The lowest BCUT2D eigenvalue weighted by atomic mass is 9.79. The topological polar surface area (TPSA) is 56.6 Å². The van der Waals surface area contributed by atoms with Gasteiger partial charge in [0.25, 0.3) is 5.56 Å². The first-order valence-electron chi connectivity index (χ1n) is 14.5. The molecule has 1 aromatic carbocycles. The van der Waals surface area contributed by atoms with Crippen LogP contribution < -0.4 is 11.0 Å². The Morgan fingerprint density at radius 3 is 2.14 bits per heavy atom. The minimum Gasteiger partial charge on any atom is -0.330 e. The van der Waals surface area contributed by atoms with Crippen LogP contribution in [0.4, 0.5) is 0 Å². The third-order valence-corrected chi connectivity index (χ3v) is 9.64. The van der Waals surface area contributed by atoms with Crippen LogP contribution in [-0.4, -0.2) is 45.8 Å². The molecule has 2 bridgehead atoms. The number of benzene rings is 1. The van der Waals surface area contributed by atoms with Gasteiger partial charge in [-0.25, -0.2) is 4.98 Å². The minimum atomic E-state index is -1.49. The summed E-state index contributed by atoms with van der Waals surface area (Å²) in [7, 11) is -1.49. The van der Waals surface area contributed by atoms with Crippen LogP contribution in [0.2, 0.25) is 0 Å². The average molecular weight is 516 g/mol. The van der Waals surface area contributed by atoms with Crippen molar-refractivity contribution in [2.45, 2.75) is 122 Å². The van der Waals surface area contributed by atoms with Gasteiger partial charge in [-0.2, -0.15) is 0 Å². The summed E-state index contributed by atoms with van der Waals surface area (Å²) >= 11 is 0. The lowest BCUT2D eigenvalue weighted by Crippen LogP contribution is -2.57. The molecule has 0 radical (unpaired) electrons. The SMILES string of the molecule is CCCCC(CCCC)N1C2CCCC1CC(n1c(=O)c(P(OCC)OCC)nc3ccccc31)C2. The Morgan fingerprint density at radius 2 is 1.56 bits per heavy atom. The molecule has 0 saturated carbocycles. The highest BCUT2D eigenvalue weighted by Gasteiger charge is 2.42. The maximum atomic E-state index is 14.0. The van der Waals surface area contributed by atoms with Crippen molar-refractivity contribution in [3.63, 3.8) is 0 Å². The van der Waals surface area contributed by atoms with E-state index in [1.54, 1.807) is 0 Å². The third-order valence-electron chi connectivity index (χ3n) is 8.02. The maximum Gasteiger partial charge on any atom is 0.282 e. The lowest BCUT2D eigenvalue weighted by Gasteiger charge is -2.53. The third kappa shape index (κ3) is 6.04. The Balaban J connectivity index is 1.70. The summed E-state index contributed by atoms with van der Waals surface area (Å²) in [5.41, 5.74) is 2.23. The standard InChI is InChI=1S/C29H46N3O3P/c1-5-9-14-22(15-10-6-2)31-23-16-13-17-24(31)21-25(20-23)32-27-19-12-11-18-26(27)30-28(29(32)33)36(34-7-3)35-8-4/h11-12,18-19,22-25H,5-10,13-17,20-21H2,1-4H3. The van der Waals surface area contributed by atoms with Crippen LogP contribution in [0.5, 0.6) is 0 Å². The number of unbranched alkanes of at least 4 members (excludes halogenated alkanes) is 2. The molecule has 36 heavy (non-hydrogen) atoms. The van der Waals surface area contributed by atoms with Crippen LogP contribution in [0.25, 0.3) is 11.0 Å². The van der Waals surface area contributed by atoms with Crippen molar-refractivity contribution in [2.24, 2.45) is 0 Å². The molecule has 2 saturated heterocycles. The molecule has 2 aromatic rings. The van der Waals surface area contributed by atoms with Crippen molar-refractivity contribution in [1.29, 1.82) is 0 Å².